The summed E-state index contributed by atoms with van der Waals surface area (Å²) in [7, 11) is 0. The number of hydrogen-bond donors (Lipinski definition) is 3. The molecule has 0 bridgehead atoms. The number of nitrogens with one attached hydrogen (secondary N) is 1. The monoisotopic (exact) mass is 297 g/mol. The third-order valence-corrected chi connectivity index (χ3v) is 4.84. The summed E-state index contributed by atoms with van der Waals surface area (Å²) in [6.45, 7) is 1.85. The number of benzene rings is 2. The van der Waals surface area contributed by atoms with E-state index in [4.69, 9.17) is 4.74 Å². The highest BCUT2D eigenvalue weighted by Gasteiger charge is 2.41. The third kappa shape index (κ3) is 2.03. The highest BCUT2D eigenvalue weighted by atomic mass is 16.5. The summed E-state index contributed by atoms with van der Waals surface area (Å²) in [5.74, 6) is 0.809. The molecule has 3 N–H and O–H groups in total. The minimum atomic E-state index is -0.151. The molecule has 0 radical (unpaired) electrons. The third-order valence-electron chi connectivity index (χ3n) is 4.84. The molecule has 4 nitrogen and oxygen atoms in total. The summed E-state index contributed by atoms with van der Waals surface area (Å²) in [6, 6.07) is 13.5. The maximum absolute atomic E-state index is 10.2. The molecule has 0 amide bonds. The van der Waals surface area contributed by atoms with E-state index in [1.54, 1.807) is 6.07 Å². The number of ether oxygens (including phenoxy) is 1. The van der Waals surface area contributed by atoms with Gasteiger partial charge < -0.3 is 20.3 Å². The van der Waals surface area contributed by atoms with Crippen molar-refractivity contribution < 1.29 is 14.9 Å². The first kappa shape index (κ1) is 13.5. The molecule has 114 valence electrons. The fourth-order valence-electron chi connectivity index (χ4n) is 3.75. The summed E-state index contributed by atoms with van der Waals surface area (Å²) in [5, 5.41) is 23.4. The molecule has 2 aromatic rings. The van der Waals surface area contributed by atoms with Gasteiger partial charge in [0.25, 0.3) is 0 Å². The molecular formula is C18H19NO3. The first-order valence-electron chi connectivity index (χ1n) is 7.73. The fourth-order valence-corrected chi connectivity index (χ4v) is 3.75. The second kappa shape index (κ2) is 5.21. The maximum Gasteiger partial charge on any atom is 0.200 e. The second-order valence-electron chi connectivity index (χ2n) is 6.06. The SMILES string of the molecule is Oc1ccc2c(c1O)OC(c1ccccc1)C1CCNCC21. The van der Waals surface area contributed by atoms with Crippen LogP contribution in [-0.2, 0) is 0 Å². The molecule has 2 aliphatic heterocycles. The Morgan fingerprint density at radius 2 is 1.86 bits per heavy atom. The summed E-state index contributed by atoms with van der Waals surface area (Å²) in [4.78, 5) is 0. The lowest BCUT2D eigenvalue weighted by Gasteiger charge is -2.43. The quantitative estimate of drug-likeness (QED) is 0.708. The zero-order valence-corrected chi connectivity index (χ0v) is 12.2. The molecule has 0 aliphatic carbocycles. The molecule has 4 rings (SSSR count). The molecule has 2 aromatic carbocycles. The molecule has 1 fully saturated rings. The van der Waals surface area contributed by atoms with Crippen molar-refractivity contribution in [1.29, 1.82) is 0 Å². The summed E-state index contributed by atoms with van der Waals surface area (Å²) in [6.07, 6.45) is 0.944. The lowest BCUT2D eigenvalue weighted by atomic mass is 9.74. The molecule has 3 atom stereocenters. The van der Waals surface area contributed by atoms with E-state index in [1.807, 2.05) is 24.3 Å². The van der Waals surface area contributed by atoms with Crippen LogP contribution in [0.5, 0.6) is 17.2 Å². The van der Waals surface area contributed by atoms with Crippen LogP contribution in [0.3, 0.4) is 0 Å². The Kier molecular flexibility index (Phi) is 3.19. The van der Waals surface area contributed by atoms with E-state index in [1.165, 1.54) is 0 Å². The highest BCUT2D eigenvalue weighted by Crippen LogP contribution is 2.53. The smallest absolute Gasteiger partial charge is 0.200 e. The van der Waals surface area contributed by atoms with Crippen LogP contribution in [0.25, 0.3) is 0 Å². The zero-order chi connectivity index (χ0) is 15.1. The van der Waals surface area contributed by atoms with Crippen molar-refractivity contribution in [1.82, 2.24) is 5.32 Å². The topological polar surface area (TPSA) is 61.7 Å². The number of piperidine rings is 1. The largest absolute Gasteiger partial charge is 0.504 e. The van der Waals surface area contributed by atoms with Gasteiger partial charge in [-0.05, 0) is 24.6 Å². The normalized spacial score (nSPS) is 26.6. The summed E-state index contributed by atoms with van der Waals surface area (Å²) >= 11 is 0. The average Bonchev–Trinajstić information content (AvgIpc) is 2.58. The minimum Gasteiger partial charge on any atom is -0.504 e. The number of aromatic hydroxyl groups is 2. The van der Waals surface area contributed by atoms with Gasteiger partial charge in [0.1, 0.15) is 6.10 Å². The van der Waals surface area contributed by atoms with Gasteiger partial charge in [-0.15, -0.1) is 0 Å². The second-order valence-corrected chi connectivity index (χ2v) is 6.06. The van der Waals surface area contributed by atoms with Crippen LogP contribution in [0, 0.1) is 5.92 Å². The Morgan fingerprint density at radius 1 is 1.05 bits per heavy atom. The van der Waals surface area contributed by atoms with E-state index in [0.29, 0.717) is 11.7 Å². The Hall–Kier alpha value is -2.20. The number of phenols is 2. The van der Waals surface area contributed by atoms with Gasteiger partial charge in [0, 0.05) is 23.9 Å². The maximum atomic E-state index is 10.2. The lowest BCUT2D eigenvalue weighted by molar-refractivity contribution is 0.0698. The van der Waals surface area contributed by atoms with E-state index < -0.39 is 0 Å². The van der Waals surface area contributed by atoms with Gasteiger partial charge in [-0.3, -0.25) is 0 Å². The van der Waals surface area contributed by atoms with Crippen molar-refractivity contribution in [2.75, 3.05) is 13.1 Å². The predicted molar refractivity (Wildman–Crippen MR) is 83.3 cm³/mol. The van der Waals surface area contributed by atoms with Gasteiger partial charge in [-0.1, -0.05) is 36.4 Å². The van der Waals surface area contributed by atoms with Crippen molar-refractivity contribution in [2.45, 2.75) is 18.4 Å². The summed E-state index contributed by atoms with van der Waals surface area (Å²) in [5.41, 5.74) is 2.10. The van der Waals surface area contributed by atoms with Gasteiger partial charge in [-0.2, -0.15) is 0 Å². The molecule has 1 saturated heterocycles. The van der Waals surface area contributed by atoms with Crippen LogP contribution >= 0.6 is 0 Å². The van der Waals surface area contributed by atoms with Crippen LogP contribution in [0.4, 0.5) is 0 Å². The standard InChI is InChI=1S/C18H19NO3/c20-15-7-6-12-14-10-19-9-8-13(14)17(22-18(12)16(15)21)11-4-2-1-3-5-11/h1-7,13-14,17,19-21H,8-10H2. The first-order valence-corrected chi connectivity index (χ1v) is 7.73. The highest BCUT2D eigenvalue weighted by molar-refractivity contribution is 5.57. The minimum absolute atomic E-state index is 0.0894. The predicted octanol–water partition coefficient (Wildman–Crippen LogP) is 2.92. The average molecular weight is 297 g/mol. The Balaban J connectivity index is 1.83. The molecule has 0 aromatic heterocycles. The van der Waals surface area contributed by atoms with Gasteiger partial charge in [0.15, 0.2) is 11.5 Å². The number of phenolic OH excluding ortho intramolecular Hbond substituents is 2. The molecular weight excluding hydrogens is 278 g/mol. The lowest BCUT2D eigenvalue weighted by Crippen LogP contribution is -2.41. The Labute approximate surface area is 129 Å². The van der Waals surface area contributed by atoms with Crippen molar-refractivity contribution in [2.24, 2.45) is 5.92 Å². The van der Waals surface area contributed by atoms with E-state index in [2.05, 4.69) is 17.4 Å². The molecule has 2 heterocycles. The van der Waals surface area contributed by atoms with Gasteiger partial charge >= 0.3 is 0 Å². The zero-order valence-electron chi connectivity index (χ0n) is 12.2. The number of fused-ring (bicyclic) bond motifs is 3. The van der Waals surface area contributed by atoms with E-state index in [-0.39, 0.29) is 23.5 Å². The van der Waals surface area contributed by atoms with Gasteiger partial charge in [-0.25, -0.2) is 0 Å². The van der Waals surface area contributed by atoms with E-state index in [9.17, 15) is 10.2 Å². The molecule has 0 saturated carbocycles. The van der Waals surface area contributed by atoms with Crippen molar-refractivity contribution in [3.05, 3.63) is 53.6 Å². The number of hydrogen-bond acceptors (Lipinski definition) is 4. The number of rotatable bonds is 1. The van der Waals surface area contributed by atoms with Gasteiger partial charge in [0.2, 0.25) is 5.75 Å². The fraction of sp³-hybridized carbons (Fsp3) is 0.333. The Bertz CT molecular complexity index is 686. The molecule has 3 unspecified atom stereocenters. The van der Waals surface area contributed by atoms with Crippen LogP contribution in [-0.4, -0.2) is 23.3 Å². The van der Waals surface area contributed by atoms with Crippen LogP contribution in [0.2, 0.25) is 0 Å². The van der Waals surface area contributed by atoms with Crippen LogP contribution in [0.1, 0.15) is 29.6 Å². The summed E-state index contributed by atoms with van der Waals surface area (Å²) < 4.78 is 6.16. The molecule has 2 aliphatic rings. The van der Waals surface area contributed by atoms with Crippen molar-refractivity contribution in [3.8, 4) is 17.2 Å². The van der Waals surface area contributed by atoms with Crippen molar-refractivity contribution >= 4 is 0 Å². The van der Waals surface area contributed by atoms with Crippen LogP contribution in [0.15, 0.2) is 42.5 Å². The van der Waals surface area contributed by atoms with Crippen LogP contribution < -0.4 is 10.1 Å². The molecule has 22 heavy (non-hydrogen) atoms. The van der Waals surface area contributed by atoms with E-state index >= 15 is 0 Å². The first-order chi connectivity index (χ1) is 10.8. The van der Waals surface area contributed by atoms with E-state index in [0.717, 1.165) is 30.6 Å². The Morgan fingerprint density at radius 3 is 2.68 bits per heavy atom. The van der Waals surface area contributed by atoms with Gasteiger partial charge in [0.05, 0.1) is 0 Å². The molecule has 0 spiro atoms. The van der Waals surface area contributed by atoms with Crippen molar-refractivity contribution in [3.63, 3.8) is 0 Å². The molecule has 4 heteroatoms.